The maximum absolute atomic E-state index is 13.4. The largest absolute Gasteiger partial charge is 0.497 e. The lowest BCUT2D eigenvalue weighted by Gasteiger charge is -2.23. The molecule has 0 aromatic heterocycles. The topological polar surface area (TPSA) is 58.6 Å². The van der Waals surface area contributed by atoms with E-state index in [0.717, 1.165) is 0 Å². The van der Waals surface area contributed by atoms with Crippen LogP contribution in [0.1, 0.15) is 27.5 Å². The molecule has 0 saturated carbocycles. The molecule has 29 heavy (non-hydrogen) atoms. The smallest absolute Gasteiger partial charge is 0.262 e. The van der Waals surface area contributed by atoms with Gasteiger partial charge in [0.1, 0.15) is 17.6 Å². The molecule has 1 atom stereocenters. The van der Waals surface area contributed by atoms with Crippen molar-refractivity contribution in [3.63, 3.8) is 0 Å². The third-order valence-electron chi connectivity index (χ3n) is 4.92. The van der Waals surface area contributed by atoms with Gasteiger partial charge in [0.2, 0.25) is 0 Å². The van der Waals surface area contributed by atoms with E-state index in [1.165, 1.54) is 17.0 Å². The number of anilines is 1. The first-order valence-electron chi connectivity index (χ1n) is 9.16. The molecule has 6 heteroatoms. The van der Waals surface area contributed by atoms with E-state index in [1.54, 1.807) is 61.7 Å². The summed E-state index contributed by atoms with van der Waals surface area (Å²) in [6, 6.07) is 19.2. The maximum Gasteiger partial charge on any atom is 0.262 e. The Morgan fingerprint density at radius 1 is 0.966 bits per heavy atom. The second-order valence-corrected chi connectivity index (χ2v) is 6.75. The highest BCUT2D eigenvalue weighted by Crippen LogP contribution is 2.31. The highest BCUT2D eigenvalue weighted by Gasteiger charge is 2.35. The van der Waals surface area contributed by atoms with E-state index in [4.69, 9.17) is 4.74 Å². The van der Waals surface area contributed by atoms with Crippen LogP contribution in [0.3, 0.4) is 0 Å². The molecule has 5 nitrogen and oxygen atoms in total. The number of rotatable bonds is 4. The van der Waals surface area contributed by atoms with Gasteiger partial charge in [-0.05, 0) is 47.5 Å². The summed E-state index contributed by atoms with van der Waals surface area (Å²) < 4.78 is 18.4. The molecule has 0 fully saturated rings. The molecule has 146 valence electrons. The third-order valence-corrected chi connectivity index (χ3v) is 4.92. The van der Waals surface area contributed by atoms with E-state index in [9.17, 15) is 14.0 Å². The molecular weight excluding hydrogens is 371 g/mol. The van der Waals surface area contributed by atoms with Gasteiger partial charge in [-0.1, -0.05) is 36.4 Å². The van der Waals surface area contributed by atoms with E-state index in [0.29, 0.717) is 28.1 Å². The van der Waals surface area contributed by atoms with E-state index in [1.807, 2.05) is 6.07 Å². The van der Waals surface area contributed by atoms with E-state index in [2.05, 4.69) is 5.32 Å². The number of para-hydroxylation sites is 1. The Hall–Kier alpha value is -3.67. The predicted octanol–water partition coefficient (Wildman–Crippen LogP) is 4.17. The van der Waals surface area contributed by atoms with Crippen LogP contribution in [0.5, 0.6) is 5.75 Å². The molecule has 1 aliphatic heterocycles. The molecule has 0 aliphatic carbocycles. The van der Waals surface area contributed by atoms with Crippen molar-refractivity contribution in [3.8, 4) is 5.75 Å². The number of methoxy groups -OCH3 is 1. The fourth-order valence-electron chi connectivity index (χ4n) is 3.36. The van der Waals surface area contributed by atoms with Crippen molar-refractivity contribution in [1.29, 1.82) is 0 Å². The number of halogens is 1. The van der Waals surface area contributed by atoms with Gasteiger partial charge in [0.05, 0.1) is 19.2 Å². The predicted molar refractivity (Wildman–Crippen MR) is 107 cm³/mol. The second-order valence-electron chi connectivity index (χ2n) is 6.75. The van der Waals surface area contributed by atoms with Crippen molar-refractivity contribution in [2.24, 2.45) is 0 Å². The van der Waals surface area contributed by atoms with E-state index < -0.39 is 11.9 Å². The number of carbonyl (C=O) groups is 2. The van der Waals surface area contributed by atoms with E-state index >= 15 is 0 Å². The number of carbonyl (C=O) groups excluding carboxylic acids is 2. The fraction of sp³-hybridized carbons (Fsp3) is 0.130. The average molecular weight is 390 g/mol. The number of benzene rings is 3. The van der Waals surface area contributed by atoms with Crippen molar-refractivity contribution < 1.29 is 18.7 Å². The Kier molecular flexibility index (Phi) is 4.99. The molecule has 0 radical (unpaired) electrons. The zero-order valence-electron chi connectivity index (χ0n) is 15.8. The Bertz CT molecular complexity index is 1050. The lowest BCUT2D eigenvalue weighted by Crippen LogP contribution is -2.39. The molecular formula is C23H19FN2O3. The Balaban J connectivity index is 1.75. The zero-order valence-corrected chi connectivity index (χ0v) is 15.8. The molecule has 3 aromatic carbocycles. The number of ether oxygens (including phenoxy) is 1. The second kappa shape index (κ2) is 7.75. The summed E-state index contributed by atoms with van der Waals surface area (Å²) in [4.78, 5) is 27.8. The lowest BCUT2D eigenvalue weighted by molar-refractivity contribution is -0.129. The number of hydrogen-bond donors (Lipinski definition) is 1. The Morgan fingerprint density at radius 2 is 1.66 bits per heavy atom. The van der Waals surface area contributed by atoms with Crippen molar-refractivity contribution in [2.75, 3.05) is 12.4 Å². The number of hydrogen-bond acceptors (Lipinski definition) is 4. The van der Waals surface area contributed by atoms with Crippen LogP contribution < -0.4 is 10.1 Å². The number of nitrogens with one attached hydrogen (secondary N) is 1. The fourth-order valence-corrected chi connectivity index (χ4v) is 3.36. The number of fused-ring (bicyclic) bond motifs is 1. The molecule has 0 spiro atoms. The summed E-state index contributed by atoms with van der Waals surface area (Å²) in [5.74, 6) is -0.459. The molecule has 1 unspecified atom stereocenters. The SMILES string of the molecule is COc1ccc(C2Nc3ccccc3C(=O)N(Cc3ccc(F)cc3)C2=O)cc1. The van der Waals surface area contributed by atoms with Crippen LogP contribution in [0.2, 0.25) is 0 Å². The van der Waals surface area contributed by atoms with Crippen LogP contribution in [0, 0.1) is 5.82 Å². The van der Waals surface area contributed by atoms with Gasteiger partial charge in [-0.2, -0.15) is 0 Å². The first-order valence-corrected chi connectivity index (χ1v) is 9.16. The maximum atomic E-state index is 13.4. The van der Waals surface area contributed by atoms with Crippen molar-refractivity contribution in [2.45, 2.75) is 12.6 Å². The first-order chi connectivity index (χ1) is 14.1. The normalized spacial score (nSPS) is 16.1. The number of amides is 2. The summed E-state index contributed by atoms with van der Waals surface area (Å²) in [6.45, 7) is 0.0562. The van der Waals surface area contributed by atoms with Gasteiger partial charge in [0.25, 0.3) is 11.8 Å². The van der Waals surface area contributed by atoms with Gasteiger partial charge in [-0.3, -0.25) is 14.5 Å². The van der Waals surface area contributed by atoms with Gasteiger partial charge in [0.15, 0.2) is 0 Å². The Morgan fingerprint density at radius 3 is 2.34 bits per heavy atom. The third kappa shape index (κ3) is 3.69. The average Bonchev–Trinajstić information content (AvgIpc) is 2.86. The summed E-state index contributed by atoms with van der Waals surface area (Å²) in [5, 5.41) is 3.21. The van der Waals surface area contributed by atoms with Gasteiger partial charge >= 0.3 is 0 Å². The summed E-state index contributed by atoms with van der Waals surface area (Å²) in [5.41, 5.74) is 2.39. The van der Waals surface area contributed by atoms with Crippen LogP contribution in [0.4, 0.5) is 10.1 Å². The summed E-state index contributed by atoms with van der Waals surface area (Å²) in [6.07, 6.45) is 0. The quantitative estimate of drug-likeness (QED) is 0.680. The molecule has 4 rings (SSSR count). The van der Waals surface area contributed by atoms with Crippen molar-refractivity contribution >= 4 is 17.5 Å². The van der Waals surface area contributed by atoms with Gasteiger partial charge in [0, 0.05) is 5.69 Å². The van der Waals surface area contributed by atoms with Crippen LogP contribution in [-0.4, -0.2) is 23.8 Å². The minimum Gasteiger partial charge on any atom is -0.497 e. The molecule has 2 amide bonds. The lowest BCUT2D eigenvalue weighted by atomic mass is 10.0. The van der Waals surface area contributed by atoms with Crippen LogP contribution in [0.15, 0.2) is 72.8 Å². The summed E-state index contributed by atoms with van der Waals surface area (Å²) in [7, 11) is 1.57. The van der Waals surface area contributed by atoms with Gasteiger partial charge in [-0.25, -0.2) is 4.39 Å². The first kappa shape index (κ1) is 18.7. The van der Waals surface area contributed by atoms with E-state index in [-0.39, 0.29) is 18.3 Å². The molecule has 1 aliphatic rings. The van der Waals surface area contributed by atoms with Crippen molar-refractivity contribution in [3.05, 3.63) is 95.3 Å². The molecule has 3 aromatic rings. The minimum absolute atomic E-state index is 0.0562. The molecule has 1 N–H and O–H groups in total. The van der Waals surface area contributed by atoms with Crippen molar-refractivity contribution in [1.82, 2.24) is 4.90 Å². The highest BCUT2D eigenvalue weighted by atomic mass is 19.1. The molecule has 1 heterocycles. The Labute approximate surface area is 167 Å². The molecule has 0 saturated heterocycles. The molecule has 0 bridgehead atoms. The number of nitrogens with zero attached hydrogens (tertiary/aromatic N) is 1. The number of imide groups is 1. The van der Waals surface area contributed by atoms with Gasteiger partial charge < -0.3 is 10.1 Å². The zero-order chi connectivity index (χ0) is 20.4. The monoisotopic (exact) mass is 390 g/mol. The highest BCUT2D eigenvalue weighted by molar-refractivity contribution is 6.11. The van der Waals surface area contributed by atoms with Gasteiger partial charge in [-0.15, -0.1) is 0 Å². The van der Waals surface area contributed by atoms with Crippen LogP contribution >= 0.6 is 0 Å². The van der Waals surface area contributed by atoms with Crippen LogP contribution in [0.25, 0.3) is 0 Å². The summed E-state index contributed by atoms with van der Waals surface area (Å²) >= 11 is 0. The van der Waals surface area contributed by atoms with Crippen LogP contribution in [-0.2, 0) is 11.3 Å². The minimum atomic E-state index is -0.742. The standard InChI is InChI=1S/C23H19FN2O3/c1-29-18-12-8-16(9-13-18)21-23(28)26(14-15-6-10-17(24)11-7-15)22(27)19-4-2-3-5-20(19)25-21/h2-13,21,25H,14H2,1H3.